The number of carbonyl (C=O) groups is 1. The zero-order valence-corrected chi connectivity index (χ0v) is 10.4. The highest BCUT2D eigenvalue weighted by Crippen LogP contribution is 2.23. The maximum Gasteiger partial charge on any atom is 0.249 e. The van der Waals surface area contributed by atoms with E-state index in [-0.39, 0.29) is 0 Å². The van der Waals surface area contributed by atoms with Crippen LogP contribution in [0.4, 0.5) is 0 Å². The molecular weight excluding hydrogens is 258 g/mol. The van der Waals surface area contributed by atoms with E-state index >= 15 is 0 Å². The molecular formula is C11H14BrNO2. The zero-order chi connectivity index (χ0) is 11.4. The molecule has 0 fully saturated rings. The molecule has 0 saturated carbocycles. The molecule has 1 amide bonds. The Morgan fingerprint density at radius 1 is 1.53 bits per heavy atom. The van der Waals surface area contributed by atoms with Crippen molar-refractivity contribution in [3.05, 3.63) is 28.2 Å². The van der Waals surface area contributed by atoms with E-state index in [4.69, 9.17) is 10.5 Å². The summed E-state index contributed by atoms with van der Waals surface area (Å²) in [5.74, 6) is 0.762. The lowest BCUT2D eigenvalue weighted by Gasteiger charge is -2.09. The average Bonchev–Trinajstić information content (AvgIpc) is 2.14. The van der Waals surface area contributed by atoms with Crippen LogP contribution in [0.3, 0.4) is 0 Å². The number of carbonyl (C=O) groups excluding carboxylic acids is 1. The van der Waals surface area contributed by atoms with Crippen LogP contribution in [0.2, 0.25) is 0 Å². The molecule has 0 heterocycles. The standard InChI is InChI=1S/C11H14BrNO2/c1-7(2)6-15-8-3-4-9(11(13)14)10(12)5-8/h3-5,7H,6H2,1-2H3,(H2,13,14). The first-order valence-electron chi connectivity index (χ1n) is 4.73. The molecule has 2 N–H and O–H groups in total. The summed E-state index contributed by atoms with van der Waals surface area (Å²) < 4.78 is 6.16. The van der Waals surface area contributed by atoms with Crippen LogP contribution in [-0.2, 0) is 0 Å². The summed E-state index contributed by atoms with van der Waals surface area (Å²) in [6.45, 7) is 4.81. The van der Waals surface area contributed by atoms with Gasteiger partial charge in [-0.2, -0.15) is 0 Å². The molecule has 3 nitrogen and oxygen atoms in total. The first-order valence-corrected chi connectivity index (χ1v) is 5.52. The van der Waals surface area contributed by atoms with Crippen molar-refractivity contribution in [2.45, 2.75) is 13.8 Å². The van der Waals surface area contributed by atoms with Gasteiger partial charge in [-0.25, -0.2) is 0 Å². The van der Waals surface area contributed by atoms with E-state index in [0.717, 1.165) is 5.75 Å². The monoisotopic (exact) mass is 271 g/mol. The molecule has 1 aromatic rings. The maximum absolute atomic E-state index is 11.0. The van der Waals surface area contributed by atoms with Gasteiger partial charge in [0.05, 0.1) is 12.2 Å². The van der Waals surface area contributed by atoms with Crippen molar-refractivity contribution in [2.24, 2.45) is 11.7 Å². The van der Waals surface area contributed by atoms with E-state index in [0.29, 0.717) is 22.6 Å². The van der Waals surface area contributed by atoms with Crippen molar-refractivity contribution in [3.8, 4) is 5.75 Å². The molecule has 0 saturated heterocycles. The molecule has 0 radical (unpaired) electrons. The van der Waals surface area contributed by atoms with Gasteiger partial charge in [0.25, 0.3) is 0 Å². The highest BCUT2D eigenvalue weighted by atomic mass is 79.9. The van der Waals surface area contributed by atoms with E-state index in [2.05, 4.69) is 29.8 Å². The van der Waals surface area contributed by atoms with E-state index in [1.54, 1.807) is 18.2 Å². The van der Waals surface area contributed by atoms with Gasteiger partial charge in [-0.15, -0.1) is 0 Å². The predicted octanol–water partition coefficient (Wildman–Crippen LogP) is 2.58. The fourth-order valence-corrected chi connectivity index (χ4v) is 1.60. The highest BCUT2D eigenvalue weighted by molar-refractivity contribution is 9.10. The number of primary amides is 1. The summed E-state index contributed by atoms with van der Waals surface area (Å²) in [6.07, 6.45) is 0. The summed E-state index contributed by atoms with van der Waals surface area (Å²) in [5.41, 5.74) is 5.64. The lowest BCUT2D eigenvalue weighted by Crippen LogP contribution is -2.12. The number of rotatable bonds is 4. The molecule has 1 aromatic carbocycles. The number of hydrogen-bond acceptors (Lipinski definition) is 2. The predicted molar refractivity (Wildman–Crippen MR) is 63.0 cm³/mol. The Hall–Kier alpha value is -1.03. The normalized spacial score (nSPS) is 10.4. The molecule has 0 spiro atoms. The van der Waals surface area contributed by atoms with Crippen LogP contribution in [-0.4, -0.2) is 12.5 Å². The molecule has 82 valence electrons. The van der Waals surface area contributed by atoms with Crippen LogP contribution >= 0.6 is 15.9 Å². The Bertz CT molecular complexity index is 364. The second-order valence-electron chi connectivity index (χ2n) is 3.71. The smallest absolute Gasteiger partial charge is 0.249 e. The minimum atomic E-state index is -0.447. The molecule has 4 heteroatoms. The Kier molecular flexibility index (Phi) is 4.15. The third-order valence-electron chi connectivity index (χ3n) is 1.79. The van der Waals surface area contributed by atoms with Crippen molar-refractivity contribution in [3.63, 3.8) is 0 Å². The summed E-state index contributed by atoms with van der Waals surface area (Å²) in [5, 5.41) is 0. The second-order valence-corrected chi connectivity index (χ2v) is 4.57. The van der Waals surface area contributed by atoms with Gasteiger partial charge < -0.3 is 10.5 Å². The lowest BCUT2D eigenvalue weighted by atomic mass is 10.2. The van der Waals surface area contributed by atoms with Gasteiger partial charge in [0, 0.05) is 4.47 Å². The molecule has 0 aromatic heterocycles. The Morgan fingerprint density at radius 3 is 2.67 bits per heavy atom. The summed E-state index contributed by atoms with van der Waals surface area (Å²) in [7, 11) is 0. The van der Waals surface area contributed by atoms with Gasteiger partial charge in [-0.1, -0.05) is 13.8 Å². The van der Waals surface area contributed by atoms with Gasteiger partial charge in [0.2, 0.25) is 5.91 Å². The van der Waals surface area contributed by atoms with Crippen molar-refractivity contribution in [1.29, 1.82) is 0 Å². The van der Waals surface area contributed by atoms with Crippen molar-refractivity contribution < 1.29 is 9.53 Å². The minimum Gasteiger partial charge on any atom is -0.493 e. The first-order chi connectivity index (χ1) is 7.00. The van der Waals surface area contributed by atoms with E-state index in [1.807, 2.05) is 0 Å². The molecule has 0 aliphatic carbocycles. The summed E-state index contributed by atoms with van der Waals surface area (Å²) in [6, 6.07) is 5.15. The van der Waals surface area contributed by atoms with Crippen LogP contribution in [0.5, 0.6) is 5.75 Å². The van der Waals surface area contributed by atoms with Gasteiger partial charge >= 0.3 is 0 Å². The fraction of sp³-hybridized carbons (Fsp3) is 0.364. The van der Waals surface area contributed by atoms with Crippen LogP contribution in [0, 0.1) is 5.92 Å². The third kappa shape index (κ3) is 3.55. The van der Waals surface area contributed by atoms with Gasteiger partial charge in [0.1, 0.15) is 5.75 Å². The zero-order valence-electron chi connectivity index (χ0n) is 8.79. The topological polar surface area (TPSA) is 52.3 Å². The number of hydrogen-bond donors (Lipinski definition) is 1. The van der Waals surface area contributed by atoms with Gasteiger partial charge in [-0.05, 0) is 40.0 Å². The molecule has 0 aliphatic rings. The second kappa shape index (κ2) is 5.16. The minimum absolute atomic E-state index is 0.447. The lowest BCUT2D eigenvalue weighted by molar-refractivity contribution is 0.0999. The number of nitrogens with two attached hydrogens (primary N) is 1. The molecule has 0 unspecified atom stereocenters. The van der Waals surface area contributed by atoms with E-state index < -0.39 is 5.91 Å². The average molecular weight is 272 g/mol. The third-order valence-corrected chi connectivity index (χ3v) is 2.45. The van der Waals surface area contributed by atoms with Crippen molar-refractivity contribution in [2.75, 3.05) is 6.61 Å². The Morgan fingerprint density at radius 2 is 2.20 bits per heavy atom. The van der Waals surface area contributed by atoms with Crippen LogP contribution in [0.1, 0.15) is 24.2 Å². The Labute approximate surface area is 97.7 Å². The number of halogens is 1. The maximum atomic E-state index is 11.0. The van der Waals surface area contributed by atoms with E-state index in [1.165, 1.54) is 0 Å². The Balaban J connectivity index is 2.78. The number of ether oxygens (including phenoxy) is 1. The summed E-state index contributed by atoms with van der Waals surface area (Å²) >= 11 is 3.27. The SMILES string of the molecule is CC(C)COc1ccc(C(N)=O)c(Br)c1. The molecule has 1 rings (SSSR count). The van der Waals surface area contributed by atoms with Gasteiger partial charge in [0.15, 0.2) is 0 Å². The van der Waals surface area contributed by atoms with Crippen LogP contribution < -0.4 is 10.5 Å². The van der Waals surface area contributed by atoms with Crippen molar-refractivity contribution in [1.82, 2.24) is 0 Å². The van der Waals surface area contributed by atoms with Crippen molar-refractivity contribution >= 4 is 21.8 Å². The van der Waals surface area contributed by atoms with Gasteiger partial charge in [-0.3, -0.25) is 4.79 Å². The first kappa shape index (κ1) is 12.0. The van der Waals surface area contributed by atoms with Crippen LogP contribution in [0.15, 0.2) is 22.7 Å². The van der Waals surface area contributed by atoms with E-state index in [9.17, 15) is 4.79 Å². The molecule has 0 aliphatic heterocycles. The number of benzene rings is 1. The summed E-state index contributed by atoms with van der Waals surface area (Å²) in [4.78, 5) is 11.0. The quantitative estimate of drug-likeness (QED) is 0.915. The molecule has 0 bridgehead atoms. The molecule has 15 heavy (non-hydrogen) atoms. The highest BCUT2D eigenvalue weighted by Gasteiger charge is 2.07. The fourth-order valence-electron chi connectivity index (χ4n) is 1.05. The number of amides is 1. The largest absolute Gasteiger partial charge is 0.493 e. The molecule has 0 atom stereocenters. The van der Waals surface area contributed by atoms with Crippen LogP contribution in [0.25, 0.3) is 0 Å².